The fourth-order valence-electron chi connectivity index (χ4n) is 0.929. The molecule has 0 rings (SSSR count). The Morgan fingerprint density at radius 3 is 2.12 bits per heavy atom. The molecule has 0 aliphatic rings. The summed E-state index contributed by atoms with van der Waals surface area (Å²) in [7, 11) is 0. The molecular formula is C8H17NO7. The maximum absolute atomic E-state index is 10.5. The largest absolute Gasteiger partial charge is 0.394 e. The number of hydroxylamine groups is 1. The molecule has 0 aliphatic heterocycles. The molecule has 0 saturated heterocycles. The lowest BCUT2D eigenvalue weighted by Gasteiger charge is -2.27. The third kappa shape index (κ3) is 4.84. The van der Waals surface area contributed by atoms with E-state index in [4.69, 9.17) is 15.3 Å². The summed E-state index contributed by atoms with van der Waals surface area (Å²) in [5.41, 5.74) is 1.88. The van der Waals surface area contributed by atoms with E-state index in [2.05, 4.69) is 4.84 Å². The molecule has 0 aromatic rings. The van der Waals surface area contributed by atoms with Crippen molar-refractivity contribution in [1.82, 2.24) is 5.48 Å². The van der Waals surface area contributed by atoms with E-state index in [-0.39, 0.29) is 0 Å². The molecule has 4 atom stereocenters. The van der Waals surface area contributed by atoms with E-state index < -0.39 is 43.5 Å². The van der Waals surface area contributed by atoms with Crippen molar-refractivity contribution in [1.29, 1.82) is 0 Å². The van der Waals surface area contributed by atoms with Crippen LogP contribution in [0.25, 0.3) is 0 Å². The summed E-state index contributed by atoms with van der Waals surface area (Å²) in [5.74, 6) is -0.553. The second-order valence-electron chi connectivity index (χ2n) is 3.23. The zero-order valence-electron chi connectivity index (χ0n) is 8.78. The summed E-state index contributed by atoms with van der Waals surface area (Å²) >= 11 is 0. The van der Waals surface area contributed by atoms with Crippen molar-refractivity contribution in [3.63, 3.8) is 0 Å². The molecule has 96 valence electrons. The highest BCUT2D eigenvalue weighted by molar-refractivity contribution is 5.71. The topological polar surface area (TPSA) is 139 Å². The summed E-state index contributed by atoms with van der Waals surface area (Å²) in [6.45, 7) is -0.285. The highest BCUT2D eigenvalue weighted by atomic mass is 16.7. The van der Waals surface area contributed by atoms with E-state index >= 15 is 0 Å². The molecule has 6 N–H and O–H groups in total. The summed E-state index contributed by atoms with van der Waals surface area (Å²) in [6, 6.07) is 0. The summed E-state index contributed by atoms with van der Waals surface area (Å²) in [6.07, 6.45) is -6.22. The number of hydrogen-bond acceptors (Lipinski definition) is 7. The van der Waals surface area contributed by atoms with Gasteiger partial charge in [0.05, 0.1) is 13.2 Å². The van der Waals surface area contributed by atoms with Gasteiger partial charge >= 0.3 is 0 Å². The number of amides is 1. The van der Waals surface area contributed by atoms with Crippen molar-refractivity contribution in [2.75, 3.05) is 13.2 Å². The molecule has 4 unspecified atom stereocenters. The molecule has 1 amide bonds. The Bertz CT molecular complexity index is 213. The van der Waals surface area contributed by atoms with Crippen LogP contribution in [0.4, 0.5) is 0 Å². The minimum atomic E-state index is -1.70. The van der Waals surface area contributed by atoms with Gasteiger partial charge in [-0.25, -0.2) is 5.48 Å². The molecule has 0 saturated carbocycles. The lowest BCUT2D eigenvalue weighted by Crippen LogP contribution is -2.49. The van der Waals surface area contributed by atoms with Gasteiger partial charge in [-0.3, -0.25) is 9.63 Å². The molecule has 0 radical (unpaired) electrons. The maximum atomic E-state index is 10.5. The van der Waals surface area contributed by atoms with Gasteiger partial charge in [0, 0.05) is 6.92 Å². The Morgan fingerprint density at radius 1 is 1.19 bits per heavy atom. The SMILES string of the molecule is CC(=O)NOC(CO)C(O)C(O)C(O)CO. The number of aliphatic hydroxyl groups is 5. The number of carbonyl (C=O) groups is 1. The third-order valence-corrected chi connectivity index (χ3v) is 1.85. The van der Waals surface area contributed by atoms with E-state index in [1.165, 1.54) is 0 Å². The van der Waals surface area contributed by atoms with Gasteiger partial charge in [0.2, 0.25) is 5.91 Å². The van der Waals surface area contributed by atoms with E-state index in [0.29, 0.717) is 0 Å². The smallest absolute Gasteiger partial charge is 0.240 e. The fraction of sp³-hybridized carbons (Fsp3) is 0.875. The van der Waals surface area contributed by atoms with Crippen LogP contribution in [-0.2, 0) is 9.63 Å². The predicted molar refractivity (Wildman–Crippen MR) is 50.9 cm³/mol. The maximum Gasteiger partial charge on any atom is 0.240 e. The number of carbonyl (C=O) groups excluding carboxylic acids is 1. The van der Waals surface area contributed by atoms with Crippen molar-refractivity contribution in [2.45, 2.75) is 31.3 Å². The second kappa shape index (κ2) is 7.49. The Kier molecular flexibility index (Phi) is 7.13. The van der Waals surface area contributed by atoms with Crippen LogP contribution in [0, 0.1) is 0 Å². The van der Waals surface area contributed by atoms with Crippen molar-refractivity contribution in [2.24, 2.45) is 0 Å². The Labute approximate surface area is 92.0 Å². The van der Waals surface area contributed by atoms with Crippen LogP contribution < -0.4 is 5.48 Å². The minimum absolute atomic E-state index is 0.553. The van der Waals surface area contributed by atoms with Crippen molar-refractivity contribution in [3.8, 4) is 0 Å². The zero-order valence-corrected chi connectivity index (χ0v) is 8.78. The molecule has 8 nitrogen and oxygen atoms in total. The van der Waals surface area contributed by atoms with Gasteiger partial charge in [0.25, 0.3) is 0 Å². The number of aliphatic hydroxyl groups excluding tert-OH is 5. The first-order chi connectivity index (χ1) is 7.43. The van der Waals surface area contributed by atoms with E-state index in [1.54, 1.807) is 0 Å². The van der Waals surface area contributed by atoms with Crippen molar-refractivity contribution in [3.05, 3.63) is 0 Å². The van der Waals surface area contributed by atoms with Gasteiger partial charge in [0.15, 0.2) is 0 Å². The molecule has 0 aromatic carbocycles. The van der Waals surface area contributed by atoms with Gasteiger partial charge in [0.1, 0.15) is 24.4 Å². The van der Waals surface area contributed by atoms with Gasteiger partial charge in [-0.05, 0) is 0 Å². The summed E-state index contributed by atoms with van der Waals surface area (Å²) < 4.78 is 0. The van der Waals surface area contributed by atoms with E-state index in [0.717, 1.165) is 6.92 Å². The molecule has 0 aliphatic carbocycles. The standard InChI is InChI=1S/C8H17NO7/c1-4(12)9-16-6(3-11)8(15)7(14)5(13)2-10/h5-8,10-11,13-15H,2-3H2,1H3,(H,9,12). The lowest BCUT2D eigenvalue weighted by atomic mass is 10.0. The van der Waals surface area contributed by atoms with Crippen LogP contribution >= 0.6 is 0 Å². The third-order valence-electron chi connectivity index (χ3n) is 1.85. The number of hydrogen-bond donors (Lipinski definition) is 6. The van der Waals surface area contributed by atoms with Crippen LogP contribution in [-0.4, -0.2) is 69.1 Å². The van der Waals surface area contributed by atoms with Gasteiger partial charge in [-0.15, -0.1) is 0 Å². The Morgan fingerprint density at radius 2 is 1.75 bits per heavy atom. The van der Waals surface area contributed by atoms with Crippen LogP contribution in [0.1, 0.15) is 6.92 Å². The van der Waals surface area contributed by atoms with Crippen molar-refractivity contribution < 1.29 is 35.2 Å². The highest BCUT2D eigenvalue weighted by Gasteiger charge is 2.32. The predicted octanol–water partition coefficient (Wildman–Crippen LogP) is -3.51. The molecule has 0 aromatic heterocycles. The zero-order chi connectivity index (χ0) is 12.7. The van der Waals surface area contributed by atoms with Gasteiger partial charge in [-0.2, -0.15) is 0 Å². The molecule has 0 bridgehead atoms. The Hall–Kier alpha value is -0.770. The molecule has 8 heteroatoms. The summed E-state index contributed by atoms with van der Waals surface area (Å²) in [4.78, 5) is 15.1. The molecule has 16 heavy (non-hydrogen) atoms. The van der Waals surface area contributed by atoms with Crippen LogP contribution in [0.2, 0.25) is 0 Å². The van der Waals surface area contributed by atoms with Crippen LogP contribution in [0.3, 0.4) is 0 Å². The van der Waals surface area contributed by atoms with E-state index in [1.807, 2.05) is 5.48 Å². The monoisotopic (exact) mass is 239 g/mol. The highest BCUT2D eigenvalue weighted by Crippen LogP contribution is 2.07. The Balaban J connectivity index is 4.28. The fourth-order valence-corrected chi connectivity index (χ4v) is 0.929. The second-order valence-corrected chi connectivity index (χ2v) is 3.23. The molecule has 0 fully saturated rings. The summed E-state index contributed by atoms with van der Waals surface area (Å²) in [5, 5.41) is 45.1. The lowest BCUT2D eigenvalue weighted by molar-refractivity contribution is -0.170. The first-order valence-corrected chi connectivity index (χ1v) is 4.62. The molecule has 0 spiro atoms. The van der Waals surface area contributed by atoms with Gasteiger partial charge < -0.3 is 25.5 Å². The average molecular weight is 239 g/mol. The number of rotatable bonds is 7. The van der Waals surface area contributed by atoms with Gasteiger partial charge in [-0.1, -0.05) is 0 Å². The quantitative estimate of drug-likeness (QED) is 0.253. The first kappa shape index (κ1) is 15.2. The molecular weight excluding hydrogens is 222 g/mol. The van der Waals surface area contributed by atoms with E-state index in [9.17, 15) is 15.0 Å². The number of nitrogens with one attached hydrogen (secondary N) is 1. The minimum Gasteiger partial charge on any atom is -0.394 e. The van der Waals surface area contributed by atoms with Crippen LogP contribution in [0.15, 0.2) is 0 Å². The van der Waals surface area contributed by atoms with Crippen molar-refractivity contribution >= 4 is 5.91 Å². The molecule has 0 heterocycles. The first-order valence-electron chi connectivity index (χ1n) is 4.62. The average Bonchev–Trinajstić information content (AvgIpc) is 2.27. The van der Waals surface area contributed by atoms with Crippen LogP contribution in [0.5, 0.6) is 0 Å². The normalized spacial score (nSPS) is 18.6.